The summed E-state index contributed by atoms with van der Waals surface area (Å²) in [5.74, 6) is 0.665. The Hall–Kier alpha value is -2.90. The average Bonchev–Trinajstić information content (AvgIpc) is 3.09. The number of benzene rings is 1. The topological polar surface area (TPSA) is 79.5 Å². The Morgan fingerprint density at radius 1 is 1.25 bits per heavy atom. The number of nitrogens with zero attached hydrogens (tertiary/aromatic N) is 2. The van der Waals surface area contributed by atoms with Gasteiger partial charge >= 0.3 is 0 Å². The van der Waals surface area contributed by atoms with Crippen molar-refractivity contribution in [2.75, 3.05) is 31.5 Å². The summed E-state index contributed by atoms with van der Waals surface area (Å²) in [6.45, 7) is 6.00. The Bertz CT molecular complexity index is 1080. The van der Waals surface area contributed by atoms with Crippen molar-refractivity contribution in [2.45, 2.75) is 13.5 Å². The number of amides is 1. The van der Waals surface area contributed by atoms with Crippen LogP contribution in [0.2, 0.25) is 0 Å². The molecular formula is C21H24N4O3. The highest BCUT2D eigenvalue weighted by Gasteiger charge is 2.18. The Kier molecular flexibility index (Phi) is 5.02. The van der Waals surface area contributed by atoms with Crippen LogP contribution in [0.3, 0.4) is 0 Å². The third kappa shape index (κ3) is 3.72. The number of hydrogen-bond donors (Lipinski definition) is 2. The van der Waals surface area contributed by atoms with Gasteiger partial charge in [0.25, 0.3) is 5.56 Å². The van der Waals surface area contributed by atoms with E-state index in [9.17, 15) is 9.59 Å². The molecule has 7 nitrogen and oxygen atoms in total. The van der Waals surface area contributed by atoms with Crippen LogP contribution in [0.15, 0.2) is 45.7 Å². The smallest absolute Gasteiger partial charge is 0.261 e. The molecule has 1 aliphatic heterocycles. The minimum absolute atomic E-state index is 0.0768. The Morgan fingerprint density at radius 2 is 2.04 bits per heavy atom. The van der Waals surface area contributed by atoms with Gasteiger partial charge in [0.1, 0.15) is 11.3 Å². The summed E-state index contributed by atoms with van der Waals surface area (Å²) >= 11 is 0. The number of piperazine rings is 1. The number of anilines is 1. The fourth-order valence-electron chi connectivity index (χ4n) is 3.64. The minimum Gasteiger partial charge on any atom is -0.459 e. The van der Waals surface area contributed by atoms with Crippen molar-refractivity contribution in [3.8, 4) is 11.1 Å². The lowest BCUT2D eigenvalue weighted by atomic mass is 10.1. The van der Waals surface area contributed by atoms with Crippen molar-refractivity contribution in [3.05, 3.63) is 52.6 Å². The van der Waals surface area contributed by atoms with Gasteiger partial charge in [0, 0.05) is 57.6 Å². The monoisotopic (exact) mass is 380 g/mol. The zero-order chi connectivity index (χ0) is 19.7. The third-order valence-electron chi connectivity index (χ3n) is 4.98. The van der Waals surface area contributed by atoms with Gasteiger partial charge in [-0.2, -0.15) is 0 Å². The second-order valence-corrected chi connectivity index (χ2v) is 7.20. The number of rotatable bonds is 4. The van der Waals surface area contributed by atoms with Crippen LogP contribution in [0.4, 0.5) is 5.69 Å². The number of carbonyl (C=O) groups excluding carboxylic acids is 1. The van der Waals surface area contributed by atoms with E-state index in [2.05, 4.69) is 15.5 Å². The Balaban J connectivity index is 1.77. The molecule has 1 saturated heterocycles. The molecule has 0 radical (unpaired) electrons. The van der Waals surface area contributed by atoms with Crippen LogP contribution >= 0.6 is 0 Å². The Labute approximate surface area is 162 Å². The zero-order valence-electron chi connectivity index (χ0n) is 16.1. The summed E-state index contributed by atoms with van der Waals surface area (Å²) in [5.41, 5.74) is 2.94. The predicted octanol–water partition coefficient (Wildman–Crippen LogP) is 2.16. The second kappa shape index (κ2) is 7.61. The first kappa shape index (κ1) is 18.5. The molecule has 0 bridgehead atoms. The second-order valence-electron chi connectivity index (χ2n) is 7.20. The van der Waals surface area contributed by atoms with E-state index < -0.39 is 0 Å². The van der Waals surface area contributed by atoms with E-state index in [1.54, 1.807) is 17.8 Å². The normalized spacial score (nSPS) is 15.1. The van der Waals surface area contributed by atoms with E-state index >= 15 is 0 Å². The van der Waals surface area contributed by atoms with E-state index in [1.165, 1.54) is 6.92 Å². The molecule has 4 rings (SSSR count). The lowest BCUT2D eigenvalue weighted by molar-refractivity contribution is -0.114. The molecule has 1 aliphatic rings. The summed E-state index contributed by atoms with van der Waals surface area (Å²) in [4.78, 5) is 26.3. The van der Waals surface area contributed by atoms with Crippen molar-refractivity contribution in [2.24, 2.45) is 7.05 Å². The van der Waals surface area contributed by atoms with Crippen molar-refractivity contribution in [1.29, 1.82) is 0 Å². The molecular weight excluding hydrogens is 356 g/mol. The largest absolute Gasteiger partial charge is 0.459 e. The molecule has 0 aliphatic carbocycles. The molecule has 0 spiro atoms. The van der Waals surface area contributed by atoms with Gasteiger partial charge in [-0.3, -0.25) is 14.5 Å². The molecule has 2 aromatic heterocycles. The van der Waals surface area contributed by atoms with Gasteiger partial charge in [-0.05, 0) is 23.8 Å². The third-order valence-corrected chi connectivity index (χ3v) is 4.98. The maximum Gasteiger partial charge on any atom is 0.261 e. The summed E-state index contributed by atoms with van der Waals surface area (Å²) in [6, 6.07) is 9.41. The summed E-state index contributed by atoms with van der Waals surface area (Å²) < 4.78 is 7.73. The van der Waals surface area contributed by atoms with Crippen molar-refractivity contribution < 1.29 is 9.21 Å². The lowest BCUT2D eigenvalue weighted by Crippen LogP contribution is -2.42. The highest BCUT2D eigenvalue weighted by atomic mass is 16.3. The van der Waals surface area contributed by atoms with Crippen LogP contribution in [0, 0.1) is 0 Å². The van der Waals surface area contributed by atoms with Crippen molar-refractivity contribution in [1.82, 2.24) is 14.8 Å². The molecule has 3 aromatic rings. The van der Waals surface area contributed by atoms with Crippen LogP contribution in [0.1, 0.15) is 12.7 Å². The molecule has 146 valence electrons. The van der Waals surface area contributed by atoms with Crippen LogP contribution in [0.25, 0.3) is 22.1 Å². The van der Waals surface area contributed by atoms with Gasteiger partial charge in [0.15, 0.2) is 0 Å². The van der Waals surface area contributed by atoms with Gasteiger partial charge in [-0.1, -0.05) is 12.1 Å². The molecule has 2 N–H and O–H groups in total. The number of hydrogen-bond acceptors (Lipinski definition) is 5. The molecule has 0 saturated carbocycles. The fourth-order valence-corrected chi connectivity index (χ4v) is 3.64. The van der Waals surface area contributed by atoms with Gasteiger partial charge in [-0.25, -0.2) is 0 Å². The van der Waals surface area contributed by atoms with Crippen LogP contribution in [0.5, 0.6) is 0 Å². The van der Waals surface area contributed by atoms with Gasteiger partial charge < -0.3 is 19.6 Å². The quantitative estimate of drug-likeness (QED) is 0.725. The number of nitrogens with one attached hydrogen (secondary N) is 2. The first-order valence-electron chi connectivity index (χ1n) is 9.44. The molecule has 28 heavy (non-hydrogen) atoms. The van der Waals surface area contributed by atoms with Crippen LogP contribution in [-0.4, -0.2) is 41.6 Å². The maximum atomic E-state index is 12.7. The molecule has 0 unspecified atom stereocenters. The summed E-state index contributed by atoms with van der Waals surface area (Å²) in [7, 11) is 1.74. The van der Waals surface area contributed by atoms with E-state index in [0.29, 0.717) is 23.2 Å². The summed E-state index contributed by atoms with van der Waals surface area (Å²) in [5, 5.41) is 6.71. The predicted molar refractivity (Wildman–Crippen MR) is 109 cm³/mol. The van der Waals surface area contributed by atoms with Crippen LogP contribution in [-0.2, 0) is 18.4 Å². The van der Waals surface area contributed by atoms with Crippen molar-refractivity contribution >= 4 is 22.6 Å². The van der Waals surface area contributed by atoms with E-state index in [0.717, 1.165) is 43.1 Å². The molecule has 1 fully saturated rings. The molecule has 3 heterocycles. The summed E-state index contributed by atoms with van der Waals surface area (Å²) in [6.07, 6.45) is 1.79. The zero-order valence-corrected chi connectivity index (χ0v) is 16.1. The first-order chi connectivity index (χ1) is 13.5. The molecule has 0 atom stereocenters. The van der Waals surface area contributed by atoms with Crippen LogP contribution < -0.4 is 16.2 Å². The van der Waals surface area contributed by atoms with E-state index in [4.69, 9.17) is 4.42 Å². The number of fused-ring (bicyclic) bond motifs is 1. The highest BCUT2D eigenvalue weighted by molar-refractivity contribution is 5.94. The molecule has 1 aromatic carbocycles. The number of aromatic nitrogens is 1. The molecule has 1 amide bonds. The number of aryl methyl sites for hydroxylation is 1. The van der Waals surface area contributed by atoms with E-state index in [-0.39, 0.29) is 11.5 Å². The van der Waals surface area contributed by atoms with Gasteiger partial charge in [-0.15, -0.1) is 0 Å². The van der Waals surface area contributed by atoms with Crippen molar-refractivity contribution in [3.63, 3.8) is 0 Å². The first-order valence-corrected chi connectivity index (χ1v) is 9.44. The van der Waals surface area contributed by atoms with Gasteiger partial charge in [0.2, 0.25) is 5.91 Å². The Morgan fingerprint density at radius 3 is 2.79 bits per heavy atom. The average molecular weight is 380 g/mol. The highest BCUT2D eigenvalue weighted by Crippen LogP contribution is 2.31. The lowest BCUT2D eigenvalue weighted by Gasteiger charge is -2.26. The maximum absolute atomic E-state index is 12.7. The number of furan rings is 1. The van der Waals surface area contributed by atoms with Gasteiger partial charge in [0.05, 0.1) is 11.9 Å². The van der Waals surface area contributed by atoms with E-state index in [1.807, 2.05) is 30.3 Å². The minimum atomic E-state index is -0.126. The number of pyridine rings is 1. The molecule has 7 heteroatoms. The standard InChI is InChI=1S/C21H24N4O3/c1-14(26)23-16-5-3-4-15(10-16)19-13-24(2)21(27)18-11-17(28-20(18)19)12-25-8-6-22-7-9-25/h3-5,10-11,13,22H,6-9,12H2,1-2H3,(H,23,26). The SMILES string of the molecule is CC(=O)Nc1cccc(-c2cn(C)c(=O)c3cc(CN4CCNCC4)oc23)c1. The number of carbonyl (C=O) groups is 1. The fraction of sp³-hybridized carbons (Fsp3) is 0.333.